The molecule has 1 aromatic carbocycles. The number of hydrogen-bond donors (Lipinski definition) is 2. The molecule has 0 spiro atoms. The van der Waals surface area contributed by atoms with Crippen LogP contribution in [0.5, 0.6) is 11.6 Å². The maximum absolute atomic E-state index is 11.4. The molecular formula is C17H12N4O5S. The molecule has 2 N–H and O–H groups in total. The van der Waals surface area contributed by atoms with Crippen LogP contribution in [-0.4, -0.2) is 46.1 Å². The lowest BCUT2D eigenvalue weighted by Crippen LogP contribution is -1.99. The highest BCUT2D eigenvalue weighted by atomic mass is 32.2. The molecule has 27 heavy (non-hydrogen) atoms. The van der Waals surface area contributed by atoms with E-state index < -0.39 is 15.8 Å². The summed E-state index contributed by atoms with van der Waals surface area (Å²) in [5.74, 6) is 4.77. The maximum Gasteiger partial charge on any atom is 0.362 e. The first-order valence-electron chi connectivity index (χ1n) is 7.43. The Bertz CT molecular complexity index is 1140. The van der Waals surface area contributed by atoms with Crippen molar-refractivity contribution in [3.05, 3.63) is 59.5 Å². The number of nitrogens with zero attached hydrogens (tertiary/aromatic N) is 3. The number of rotatable bonds is 4. The van der Waals surface area contributed by atoms with Crippen molar-refractivity contribution in [1.29, 1.82) is 0 Å². The molecule has 0 unspecified atom stereocenters. The normalized spacial score (nSPS) is 10.7. The molecule has 0 aliphatic heterocycles. The minimum absolute atomic E-state index is 0.0727. The molecule has 0 bridgehead atoms. The highest BCUT2D eigenvalue weighted by Crippen LogP contribution is 2.21. The minimum Gasteiger partial charge on any atom is -0.476 e. The lowest BCUT2D eigenvalue weighted by molar-refractivity contribution is 0.0687. The standard InChI is InChI=1S/C17H12N4O5S/c1-27(24,25)14-9-6-12(18-10-14)5-2-11-3-7-13(8-4-11)26-16-15(17(22)23)19-21-20-16/h3-4,6-10H,1H3,(H,22,23)(H,19,20,21). The van der Waals surface area contributed by atoms with Gasteiger partial charge in [0.25, 0.3) is 5.88 Å². The fourth-order valence-corrected chi connectivity index (χ4v) is 2.52. The molecule has 0 aliphatic carbocycles. The van der Waals surface area contributed by atoms with E-state index in [1.165, 1.54) is 18.3 Å². The summed E-state index contributed by atoms with van der Waals surface area (Å²) in [6, 6.07) is 9.55. The first-order chi connectivity index (χ1) is 12.8. The van der Waals surface area contributed by atoms with Crippen LogP contribution in [0.4, 0.5) is 0 Å². The second-order valence-corrected chi connectivity index (χ2v) is 7.34. The predicted octanol–water partition coefficient (Wildman–Crippen LogP) is 1.49. The Hall–Kier alpha value is -3.71. The van der Waals surface area contributed by atoms with Crippen LogP contribution in [0.15, 0.2) is 47.5 Å². The van der Waals surface area contributed by atoms with E-state index in [4.69, 9.17) is 9.84 Å². The number of carboxylic acid groups (broad SMARTS) is 1. The van der Waals surface area contributed by atoms with Crippen molar-refractivity contribution >= 4 is 15.8 Å². The number of H-pyrrole nitrogens is 1. The van der Waals surface area contributed by atoms with Crippen LogP contribution in [0.1, 0.15) is 21.7 Å². The second-order valence-electron chi connectivity index (χ2n) is 5.32. The van der Waals surface area contributed by atoms with Crippen LogP contribution in [-0.2, 0) is 9.84 Å². The molecule has 2 heterocycles. The van der Waals surface area contributed by atoms with Crippen molar-refractivity contribution in [2.24, 2.45) is 0 Å². The third-order valence-corrected chi connectivity index (χ3v) is 4.39. The topological polar surface area (TPSA) is 135 Å². The number of aromatic nitrogens is 4. The zero-order chi connectivity index (χ0) is 19.4. The second kappa shape index (κ2) is 7.27. The number of carboxylic acids is 1. The molecule has 0 saturated heterocycles. The van der Waals surface area contributed by atoms with Crippen LogP contribution in [0.25, 0.3) is 0 Å². The number of aromatic carboxylic acids is 1. The maximum atomic E-state index is 11.4. The Kier molecular flexibility index (Phi) is 4.87. The van der Waals surface area contributed by atoms with Gasteiger partial charge in [0, 0.05) is 18.0 Å². The van der Waals surface area contributed by atoms with Crippen LogP contribution >= 0.6 is 0 Å². The van der Waals surface area contributed by atoms with Crippen molar-refractivity contribution in [2.45, 2.75) is 4.90 Å². The Morgan fingerprint density at radius 3 is 2.48 bits per heavy atom. The van der Waals surface area contributed by atoms with Gasteiger partial charge in [-0.3, -0.25) is 0 Å². The summed E-state index contributed by atoms with van der Waals surface area (Å²) in [4.78, 5) is 15.1. The van der Waals surface area contributed by atoms with Crippen molar-refractivity contribution < 1.29 is 23.1 Å². The smallest absolute Gasteiger partial charge is 0.362 e. The Morgan fingerprint density at radius 1 is 1.15 bits per heavy atom. The molecule has 136 valence electrons. The van der Waals surface area contributed by atoms with Crippen molar-refractivity contribution in [2.75, 3.05) is 6.26 Å². The van der Waals surface area contributed by atoms with Crippen LogP contribution in [0, 0.1) is 11.8 Å². The zero-order valence-electron chi connectivity index (χ0n) is 13.9. The number of ether oxygens (including phenoxy) is 1. The average molecular weight is 384 g/mol. The fourth-order valence-electron chi connectivity index (χ4n) is 1.96. The van der Waals surface area contributed by atoms with Gasteiger partial charge < -0.3 is 9.84 Å². The van der Waals surface area contributed by atoms with Gasteiger partial charge in [-0.05, 0) is 42.3 Å². The van der Waals surface area contributed by atoms with E-state index >= 15 is 0 Å². The fraction of sp³-hybridized carbons (Fsp3) is 0.0588. The Balaban J connectivity index is 1.72. The van der Waals surface area contributed by atoms with Gasteiger partial charge in [-0.1, -0.05) is 11.1 Å². The van der Waals surface area contributed by atoms with E-state index in [0.717, 1.165) is 6.26 Å². The van der Waals surface area contributed by atoms with E-state index in [0.29, 0.717) is 17.0 Å². The monoisotopic (exact) mass is 384 g/mol. The number of sulfone groups is 1. The quantitative estimate of drug-likeness (QED) is 0.646. The van der Waals surface area contributed by atoms with Crippen LogP contribution < -0.4 is 4.74 Å². The van der Waals surface area contributed by atoms with Gasteiger partial charge in [0.2, 0.25) is 5.69 Å². The number of hydrogen-bond acceptors (Lipinski definition) is 7. The van der Waals surface area contributed by atoms with E-state index in [-0.39, 0.29) is 16.5 Å². The number of benzene rings is 1. The molecule has 0 fully saturated rings. The average Bonchev–Trinajstić information content (AvgIpc) is 3.09. The molecule has 10 heteroatoms. The summed E-state index contributed by atoms with van der Waals surface area (Å²) in [5.41, 5.74) is 0.775. The highest BCUT2D eigenvalue weighted by Gasteiger charge is 2.16. The summed E-state index contributed by atoms with van der Waals surface area (Å²) in [5, 5.41) is 18.1. The number of carbonyl (C=O) groups is 1. The molecule has 2 aromatic heterocycles. The molecule has 3 aromatic rings. The highest BCUT2D eigenvalue weighted by molar-refractivity contribution is 7.90. The molecule has 0 atom stereocenters. The Labute approximate surface area is 154 Å². The molecule has 0 aliphatic rings. The first-order valence-corrected chi connectivity index (χ1v) is 9.32. The van der Waals surface area contributed by atoms with Gasteiger partial charge in [0.15, 0.2) is 9.84 Å². The zero-order valence-corrected chi connectivity index (χ0v) is 14.7. The molecule has 9 nitrogen and oxygen atoms in total. The molecular weight excluding hydrogens is 372 g/mol. The van der Waals surface area contributed by atoms with Crippen molar-refractivity contribution in [3.63, 3.8) is 0 Å². The van der Waals surface area contributed by atoms with Crippen LogP contribution in [0.3, 0.4) is 0 Å². The number of aromatic amines is 1. The van der Waals surface area contributed by atoms with E-state index in [1.54, 1.807) is 24.3 Å². The molecule has 0 saturated carbocycles. The summed E-state index contributed by atoms with van der Waals surface area (Å²) >= 11 is 0. The van der Waals surface area contributed by atoms with Gasteiger partial charge in [-0.2, -0.15) is 0 Å². The van der Waals surface area contributed by atoms with Gasteiger partial charge in [0.05, 0.1) is 4.90 Å². The minimum atomic E-state index is -3.29. The number of pyridine rings is 1. The van der Waals surface area contributed by atoms with E-state index in [1.807, 2.05) is 0 Å². The molecule has 0 amide bonds. The lowest BCUT2D eigenvalue weighted by Gasteiger charge is -2.02. The Morgan fingerprint density at radius 2 is 1.89 bits per heavy atom. The predicted molar refractivity (Wildman–Crippen MR) is 93.2 cm³/mol. The van der Waals surface area contributed by atoms with Gasteiger partial charge >= 0.3 is 5.97 Å². The van der Waals surface area contributed by atoms with Gasteiger partial charge in [-0.15, -0.1) is 5.10 Å². The number of nitrogens with one attached hydrogen (secondary N) is 1. The van der Waals surface area contributed by atoms with E-state index in [2.05, 4.69) is 32.2 Å². The largest absolute Gasteiger partial charge is 0.476 e. The van der Waals surface area contributed by atoms with Gasteiger partial charge in [-0.25, -0.2) is 23.3 Å². The van der Waals surface area contributed by atoms with Gasteiger partial charge in [0.1, 0.15) is 11.4 Å². The van der Waals surface area contributed by atoms with Crippen molar-refractivity contribution in [1.82, 2.24) is 20.4 Å². The van der Waals surface area contributed by atoms with Crippen LogP contribution in [0.2, 0.25) is 0 Å². The third-order valence-electron chi connectivity index (χ3n) is 3.29. The summed E-state index contributed by atoms with van der Waals surface area (Å²) in [6.45, 7) is 0. The van der Waals surface area contributed by atoms with E-state index in [9.17, 15) is 13.2 Å². The van der Waals surface area contributed by atoms with Crippen molar-refractivity contribution in [3.8, 4) is 23.5 Å². The first kappa shape index (κ1) is 18.1. The summed E-state index contributed by atoms with van der Waals surface area (Å²) in [7, 11) is -3.29. The molecule has 0 radical (unpaired) electrons. The SMILES string of the molecule is CS(=O)(=O)c1ccc(C#Cc2ccc(Oc3[nH]nnc3C(=O)O)cc2)nc1. The lowest BCUT2D eigenvalue weighted by atomic mass is 10.2. The molecule has 3 rings (SSSR count). The summed E-state index contributed by atoms with van der Waals surface area (Å²) < 4.78 is 28.2. The third kappa shape index (κ3) is 4.47. The summed E-state index contributed by atoms with van der Waals surface area (Å²) in [6.07, 6.45) is 2.37.